The van der Waals surface area contributed by atoms with E-state index in [-0.39, 0.29) is 6.10 Å². The minimum absolute atomic E-state index is 0.0158. The fraction of sp³-hybridized carbons (Fsp3) is 0.500. The molecule has 2 rings (SSSR count). The van der Waals surface area contributed by atoms with Crippen molar-refractivity contribution in [3.05, 3.63) is 23.8 Å². The van der Waals surface area contributed by atoms with Crippen molar-refractivity contribution in [2.75, 3.05) is 11.4 Å². The van der Waals surface area contributed by atoms with Gasteiger partial charge < -0.3 is 14.7 Å². The molecule has 0 saturated heterocycles. The number of hydrogen-bond acceptors (Lipinski definition) is 3. The third-order valence-corrected chi connectivity index (χ3v) is 3.37. The number of benzene rings is 1. The number of hydrogen-bond donors (Lipinski definition) is 1. The molecule has 0 fully saturated rings. The van der Waals surface area contributed by atoms with Gasteiger partial charge in [-0.15, -0.1) is 0 Å². The zero-order valence-corrected chi connectivity index (χ0v) is 11.2. The van der Waals surface area contributed by atoms with E-state index in [0.717, 1.165) is 17.0 Å². The number of nitrogens with zero attached hydrogens (tertiary/aromatic N) is 1. The van der Waals surface area contributed by atoms with E-state index < -0.39 is 11.5 Å². The molecule has 1 atom stereocenters. The number of carbonyl (C=O) groups is 1. The van der Waals surface area contributed by atoms with Crippen molar-refractivity contribution >= 4 is 11.7 Å². The number of aryl methyl sites for hydroxylation is 1. The molecule has 4 heteroatoms. The lowest BCUT2D eigenvalue weighted by atomic mass is 9.99. The van der Waals surface area contributed by atoms with Gasteiger partial charge >= 0.3 is 5.97 Å². The summed E-state index contributed by atoms with van der Waals surface area (Å²) in [6, 6.07) is 5.86. The molecule has 0 saturated carbocycles. The maximum Gasteiger partial charge on any atom is 0.328 e. The van der Waals surface area contributed by atoms with Crippen LogP contribution in [0.2, 0.25) is 0 Å². The van der Waals surface area contributed by atoms with Crippen LogP contribution in [0.25, 0.3) is 0 Å². The van der Waals surface area contributed by atoms with Crippen LogP contribution in [0.4, 0.5) is 5.69 Å². The van der Waals surface area contributed by atoms with Gasteiger partial charge in [-0.1, -0.05) is 6.07 Å². The smallest absolute Gasteiger partial charge is 0.328 e. The largest absolute Gasteiger partial charge is 0.487 e. The first-order chi connectivity index (χ1) is 8.32. The Labute approximate surface area is 107 Å². The second-order valence-electron chi connectivity index (χ2n) is 5.37. The molecule has 1 aliphatic rings. The Morgan fingerprint density at radius 1 is 1.50 bits per heavy atom. The highest BCUT2D eigenvalue weighted by Gasteiger charge is 2.39. The Hall–Kier alpha value is -1.71. The van der Waals surface area contributed by atoms with Gasteiger partial charge in [-0.3, -0.25) is 0 Å². The highest BCUT2D eigenvalue weighted by atomic mass is 16.5. The molecule has 1 unspecified atom stereocenters. The van der Waals surface area contributed by atoms with E-state index in [1.54, 1.807) is 13.8 Å². The average Bonchev–Trinajstić information content (AvgIpc) is 2.26. The molecule has 0 bridgehead atoms. The molecule has 98 valence electrons. The van der Waals surface area contributed by atoms with E-state index in [9.17, 15) is 9.90 Å². The van der Waals surface area contributed by atoms with Crippen molar-refractivity contribution in [3.8, 4) is 5.75 Å². The Morgan fingerprint density at radius 2 is 2.17 bits per heavy atom. The van der Waals surface area contributed by atoms with Gasteiger partial charge in [0, 0.05) is 0 Å². The van der Waals surface area contributed by atoms with Crippen LogP contribution in [0.1, 0.15) is 26.3 Å². The second-order valence-corrected chi connectivity index (χ2v) is 5.37. The first-order valence-electron chi connectivity index (χ1n) is 6.10. The number of anilines is 1. The lowest BCUT2D eigenvalue weighted by Gasteiger charge is -2.42. The molecule has 1 aromatic rings. The first kappa shape index (κ1) is 12.7. The standard InChI is InChI=1S/C14H19NO3/c1-9-5-6-11-12(7-9)18-10(2)8-15(11)14(3,4)13(16)17/h5-7,10H,8H2,1-4H3,(H,16,17). The zero-order valence-electron chi connectivity index (χ0n) is 11.2. The predicted octanol–water partition coefficient (Wildman–Crippen LogP) is 2.45. The van der Waals surface area contributed by atoms with Crippen LogP contribution in [0.5, 0.6) is 5.75 Å². The topological polar surface area (TPSA) is 49.8 Å². The fourth-order valence-electron chi connectivity index (χ4n) is 2.19. The molecule has 1 aliphatic heterocycles. The molecular weight excluding hydrogens is 230 g/mol. The van der Waals surface area contributed by atoms with Gasteiger partial charge in [-0.05, 0) is 45.4 Å². The van der Waals surface area contributed by atoms with Gasteiger partial charge in [0.05, 0.1) is 12.2 Å². The van der Waals surface area contributed by atoms with E-state index in [0.29, 0.717) is 6.54 Å². The summed E-state index contributed by atoms with van der Waals surface area (Å²) in [6.45, 7) is 7.97. The summed E-state index contributed by atoms with van der Waals surface area (Å²) in [6.07, 6.45) is -0.0158. The van der Waals surface area contributed by atoms with E-state index in [1.165, 1.54) is 0 Å². The molecule has 0 spiro atoms. The quantitative estimate of drug-likeness (QED) is 0.874. The van der Waals surface area contributed by atoms with Crippen LogP contribution < -0.4 is 9.64 Å². The monoisotopic (exact) mass is 249 g/mol. The number of rotatable bonds is 2. The highest BCUT2D eigenvalue weighted by Crippen LogP contribution is 2.38. The molecule has 0 amide bonds. The van der Waals surface area contributed by atoms with Crippen molar-refractivity contribution in [3.63, 3.8) is 0 Å². The Kier molecular flexibility index (Phi) is 2.97. The van der Waals surface area contributed by atoms with E-state index in [1.807, 2.05) is 36.9 Å². The van der Waals surface area contributed by atoms with Gasteiger partial charge in [0.2, 0.25) is 0 Å². The fourth-order valence-corrected chi connectivity index (χ4v) is 2.19. The van der Waals surface area contributed by atoms with Crippen LogP contribution in [0.3, 0.4) is 0 Å². The summed E-state index contributed by atoms with van der Waals surface area (Å²) in [5.74, 6) is -0.0637. The highest BCUT2D eigenvalue weighted by molar-refractivity contribution is 5.84. The number of aliphatic carboxylic acids is 1. The number of fused-ring (bicyclic) bond motifs is 1. The van der Waals surface area contributed by atoms with Crippen LogP contribution in [0, 0.1) is 6.92 Å². The zero-order chi connectivity index (χ0) is 13.5. The predicted molar refractivity (Wildman–Crippen MR) is 70.3 cm³/mol. The third-order valence-electron chi connectivity index (χ3n) is 3.37. The molecule has 1 N–H and O–H groups in total. The van der Waals surface area contributed by atoms with Crippen molar-refractivity contribution in [1.29, 1.82) is 0 Å². The summed E-state index contributed by atoms with van der Waals surface area (Å²) >= 11 is 0. The minimum Gasteiger partial charge on any atom is -0.487 e. The average molecular weight is 249 g/mol. The number of carboxylic acids is 1. The molecule has 1 aromatic carbocycles. The maximum atomic E-state index is 11.4. The van der Waals surface area contributed by atoms with Gasteiger partial charge in [0.25, 0.3) is 0 Å². The maximum absolute atomic E-state index is 11.4. The molecular formula is C14H19NO3. The van der Waals surface area contributed by atoms with E-state index >= 15 is 0 Å². The van der Waals surface area contributed by atoms with Gasteiger partial charge in [-0.2, -0.15) is 0 Å². The minimum atomic E-state index is -0.942. The molecule has 4 nitrogen and oxygen atoms in total. The summed E-state index contributed by atoms with van der Waals surface area (Å²) < 4.78 is 5.78. The summed E-state index contributed by atoms with van der Waals surface area (Å²) in [5, 5.41) is 9.38. The van der Waals surface area contributed by atoms with Crippen LogP contribution in [-0.2, 0) is 4.79 Å². The number of ether oxygens (including phenoxy) is 1. The molecule has 0 radical (unpaired) electrons. The molecule has 18 heavy (non-hydrogen) atoms. The SMILES string of the molecule is Cc1ccc2c(c1)OC(C)CN2C(C)(C)C(=O)O. The third kappa shape index (κ3) is 2.03. The van der Waals surface area contributed by atoms with Crippen LogP contribution >= 0.6 is 0 Å². The van der Waals surface area contributed by atoms with E-state index in [2.05, 4.69) is 0 Å². The van der Waals surface area contributed by atoms with Crippen LogP contribution in [-0.4, -0.2) is 29.3 Å². The first-order valence-corrected chi connectivity index (χ1v) is 6.10. The lowest BCUT2D eigenvalue weighted by molar-refractivity contribution is -0.142. The molecule has 0 aliphatic carbocycles. The normalized spacial score (nSPS) is 19.1. The number of carboxylic acid groups (broad SMARTS) is 1. The summed E-state index contributed by atoms with van der Waals surface area (Å²) in [5.41, 5.74) is 1.02. The second kappa shape index (κ2) is 4.19. The van der Waals surface area contributed by atoms with Crippen molar-refractivity contribution in [2.45, 2.75) is 39.3 Å². The summed E-state index contributed by atoms with van der Waals surface area (Å²) in [7, 11) is 0. The van der Waals surface area contributed by atoms with Gasteiger partial charge in [-0.25, -0.2) is 4.79 Å². The van der Waals surface area contributed by atoms with Crippen molar-refractivity contribution in [1.82, 2.24) is 0 Å². The van der Waals surface area contributed by atoms with Gasteiger partial charge in [0.15, 0.2) is 0 Å². The van der Waals surface area contributed by atoms with Gasteiger partial charge in [0.1, 0.15) is 17.4 Å². The van der Waals surface area contributed by atoms with E-state index in [4.69, 9.17) is 4.74 Å². The Bertz CT molecular complexity index is 482. The Balaban J connectivity index is 2.49. The summed E-state index contributed by atoms with van der Waals surface area (Å²) in [4.78, 5) is 13.3. The van der Waals surface area contributed by atoms with Crippen molar-refractivity contribution < 1.29 is 14.6 Å². The lowest BCUT2D eigenvalue weighted by Crippen LogP contribution is -2.55. The molecule has 1 heterocycles. The Morgan fingerprint density at radius 3 is 2.78 bits per heavy atom. The van der Waals surface area contributed by atoms with Crippen LogP contribution in [0.15, 0.2) is 18.2 Å². The van der Waals surface area contributed by atoms with Crippen molar-refractivity contribution in [2.24, 2.45) is 0 Å². The molecule has 0 aromatic heterocycles.